The Kier molecular flexibility index (Phi) is 5.21. The second-order valence-electron chi connectivity index (χ2n) is 3.37. The summed E-state index contributed by atoms with van der Waals surface area (Å²) < 4.78 is 4.49. The van der Waals surface area contributed by atoms with Crippen LogP contribution >= 0.6 is 11.3 Å². The Morgan fingerprint density at radius 3 is 3.06 bits per heavy atom. The van der Waals surface area contributed by atoms with Gasteiger partial charge in [0.05, 0.1) is 12.8 Å². The third-order valence-electron chi connectivity index (χ3n) is 2.06. The lowest BCUT2D eigenvalue weighted by Gasteiger charge is -2.09. The summed E-state index contributed by atoms with van der Waals surface area (Å²) in [7, 11) is 1.33. The highest BCUT2D eigenvalue weighted by Crippen LogP contribution is 2.20. The van der Waals surface area contributed by atoms with Gasteiger partial charge in [0, 0.05) is 11.4 Å². The number of thiazole rings is 1. The van der Waals surface area contributed by atoms with Gasteiger partial charge in [-0.05, 0) is 19.9 Å². The zero-order valence-corrected chi connectivity index (χ0v) is 10.6. The number of nitrogens with zero attached hydrogens (tertiary/aromatic N) is 1. The summed E-state index contributed by atoms with van der Waals surface area (Å²) in [5.74, 6) is 0. The Bertz CT molecular complexity index is 341. The van der Waals surface area contributed by atoms with Gasteiger partial charge in [-0.1, -0.05) is 6.92 Å². The van der Waals surface area contributed by atoms with Crippen molar-refractivity contribution < 1.29 is 9.53 Å². The van der Waals surface area contributed by atoms with Gasteiger partial charge in [-0.25, -0.2) is 9.78 Å². The van der Waals surface area contributed by atoms with Crippen molar-refractivity contribution in [2.45, 2.75) is 26.3 Å². The minimum absolute atomic E-state index is 0.199. The van der Waals surface area contributed by atoms with E-state index in [0.29, 0.717) is 5.13 Å². The smallest absolute Gasteiger partial charge is 0.413 e. The van der Waals surface area contributed by atoms with Crippen LogP contribution in [-0.4, -0.2) is 24.7 Å². The molecule has 1 unspecified atom stereocenters. The van der Waals surface area contributed by atoms with Crippen LogP contribution in [-0.2, 0) is 4.74 Å². The van der Waals surface area contributed by atoms with Crippen LogP contribution in [0.25, 0.3) is 0 Å². The molecule has 0 saturated carbocycles. The van der Waals surface area contributed by atoms with Crippen LogP contribution < -0.4 is 10.6 Å². The molecule has 90 valence electrons. The van der Waals surface area contributed by atoms with Crippen LogP contribution in [0, 0.1) is 0 Å². The molecule has 1 amide bonds. The van der Waals surface area contributed by atoms with Crippen LogP contribution in [0.5, 0.6) is 0 Å². The average Bonchev–Trinajstić information content (AvgIpc) is 2.74. The number of carbonyl (C=O) groups is 1. The van der Waals surface area contributed by atoms with E-state index in [1.165, 1.54) is 18.4 Å². The number of rotatable bonds is 5. The number of aromatic nitrogens is 1. The highest BCUT2D eigenvalue weighted by Gasteiger charge is 2.10. The minimum Gasteiger partial charge on any atom is -0.453 e. The number of carbonyl (C=O) groups excluding carboxylic acids is 1. The van der Waals surface area contributed by atoms with Gasteiger partial charge in [0.1, 0.15) is 0 Å². The average molecular weight is 243 g/mol. The van der Waals surface area contributed by atoms with Crippen LogP contribution in [0.2, 0.25) is 0 Å². The normalized spacial score (nSPS) is 12.2. The van der Waals surface area contributed by atoms with Gasteiger partial charge in [-0.15, -0.1) is 11.3 Å². The molecule has 0 fully saturated rings. The standard InChI is InChI=1S/C10H17N3O2S/c1-4-5-11-7(2)8-6-16-9(12-8)13-10(14)15-3/h6-7,11H,4-5H2,1-3H3,(H,12,13,14). The van der Waals surface area contributed by atoms with Gasteiger partial charge in [0.2, 0.25) is 0 Å². The topological polar surface area (TPSA) is 63.2 Å². The lowest BCUT2D eigenvalue weighted by Crippen LogP contribution is -2.19. The van der Waals surface area contributed by atoms with E-state index in [9.17, 15) is 4.79 Å². The number of ether oxygens (including phenoxy) is 1. The maximum atomic E-state index is 11.0. The Hall–Kier alpha value is -1.14. The molecule has 16 heavy (non-hydrogen) atoms. The van der Waals surface area contributed by atoms with Crippen molar-refractivity contribution in [3.8, 4) is 0 Å². The van der Waals surface area contributed by atoms with Crippen molar-refractivity contribution in [1.29, 1.82) is 0 Å². The van der Waals surface area contributed by atoms with E-state index in [0.717, 1.165) is 18.7 Å². The van der Waals surface area contributed by atoms with Gasteiger partial charge in [-0.3, -0.25) is 5.32 Å². The van der Waals surface area contributed by atoms with E-state index in [4.69, 9.17) is 0 Å². The maximum Gasteiger partial charge on any atom is 0.413 e. The molecule has 0 radical (unpaired) electrons. The molecule has 0 spiro atoms. The van der Waals surface area contributed by atoms with Crippen molar-refractivity contribution in [2.24, 2.45) is 0 Å². The fraction of sp³-hybridized carbons (Fsp3) is 0.600. The predicted octanol–water partition coefficient (Wildman–Crippen LogP) is 2.38. The van der Waals surface area contributed by atoms with Crippen LogP contribution in [0.1, 0.15) is 32.0 Å². The second kappa shape index (κ2) is 6.44. The molecule has 1 heterocycles. The van der Waals surface area contributed by atoms with Gasteiger partial charge in [-0.2, -0.15) is 0 Å². The van der Waals surface area contributed by atoms with Gasteiger partial charge < -0.3 is 10.1 Å². The first kappa shape index (κ1) is 12.9. The van der Waals surface area contributed by atoms with Gasteiger partial charge in [0.25, 0.3) is 0 Å². The van der Waals surface area contributed by atoms with Crippen LogP contribution in [0.3, 0.4) is 0 Å². The quantitative estimate of drug-likeness (QED) is 0.833. The van der Waals surface area contributed by atoms with E-state index < -0.39 is 6.09 Å². The number of amides is 1. The van der Waals surface area contributed by atoms with E-state index in [1.807, 2.05) is 12.3 Å². The largest absolute Gasteiger partial charge is 0.453 e. The number of nitrogens with one attached hydrogen (secondary N) is 2. The molecule has 6 heteroatoms. The van der Waals surface area contributed by atoms with E-state index in [-0.39, 0.29) is 6.04 Å². The molecular weight excluding hydrogens is 226 g/mol. The van der Waals surface area contributed by atoms with Crippen LogP contribution in [0.4, 0.5) is 9.93 Å². The first-order valence-electron chi connectivity index (χ1n) is 5.21. The SMILES string of the molecule is CCCNC(C)c1csc(NC(=O)OC)n1. The fourth-order valence-electron chi connectivity index (χ4n) is 1.15. The number of anilines is 1. The number of methoxy groups -OCH3 is 1. The molecule has 0 aromatic carbocycles. The molecule has 0 aliphatic rings. The van der Waals surface area contributed by atoms with Crippen molar-refractivity contribution in [3.63, 3.8) is 0 Å². The third-order valence-corrected chi connectivity index (χ3v) is 2.84. The maximum absolute atomic E-state index is 11.0. The Balaban J connectivity index is 2.53. The first-order chi connectivity index (χ1) is 7.67. The Labute approximate surface area is 99.2 Å². The molecule has 5 nitrogen and oxygen atoms in total. The second-order valence-corrected chi connectivity index (χ2v) is 4.23. The Morgan fingerprint density at radius 1 is 1.69 bits per heavy atom. The third kappa shape index (κ3) is 3.79. The Morgan fingerprint density at radius 2 is 2.44 bits per heavy atom. The molecule has 1 atom stereocenters. The van der Waals surface area contributed by atoms with E-state index in [1.54, 1.807) is 0 Å². The molecule has 0 saturated heterocycles. The molecule has 0 bridgehead atoms. The molecule has 1 aromatic rings. The molecule has 1 aromatic heterocycles. The summed E-state index contributed by atoms with van der Waals surface area (Å²) in [6.07, 6.45) is 0.594. The molecule has 1 rings (SSSR count). The molecule has 0 aliphatic heterocycles. The summed E-state index contributed by atoms with van der Waals surface area (Å²) >= 11 is 1.39. The minimum atomic E-state index is -0.491. The number of hydrogen-bond donors (Lipinski definition) is 2. The number of hydrogen-bond acceptors (Lipinski definition) is 5. The molecule has 0 aliphatic carbocycles. The van der Waals surface area contributed by atoms with Crippen LogP contribution in [0.15, 0.2) is 5.38 Å². The molecular formula is C10H17N3O2S. The van der Waals surface area contributed by atoms with Crippen molar-refractivity contribution in [2.75, 3.05) is 19.0 Å². The summed E-state index contributed by atoms with van der Waals surface area (Å²) in [6, 6.07) is 0.199. The van der Waals surface area contributed by atoms with Gasteiger partial charge in [0.15, 0.2) is 5.13 Å². The molecule has 2 N–H and O–H groups in total. The van der Waals surface area contributed by atoms with Crippen molar-refractivity contribution in [3.05, 3.63) is 11.1 Å². The summed E-state index contributed by atoms with van der Waals surface area (Å²) in [5.41, 5.74) is 0.935. The summed E-state index contributed by atoms with van der Waals surface area (Å²) in [5, 5.41) is 8.36. The van der Waals surface area contributed by atoms with Gasteiger partial charge >= 0.3 is 6.09 Å². The van der Waals surface area contributed by atoms with Crippen molar-refractivity contribution >= 4 is 22.6 Å². The fourth-order valence-corrected chi connectivity index (χ4v) is 1.94. The highest BCUT2D eigenvalue weighted by molar-refractivity contribution is 7.13. The highest BCUT2D eigenvalue weighted by atomic mass is 32.1. The lowest BCUT2D eigenvalue weighted by molar-refractivity contribution is 0.187. The zero-order chi connectivity index (χ0) is 12.0. The van der Waals surface area contributed by atoms with Crippen molar-refractivity contribution in [1.82, 2.24) is 10.3 Å². The van der Waals surface area contributed by atoms with E-state index >= 15 is 0 Å². The summed E-state index contributed by atoms with van der Waals surface area (Å²) in [4.78, 5) is 15.2. The summed E-state index contributed by atoms with van der Waals surface area (Å²) in [6.45, 7) is 5.12. The zero-order valence-electron chi connectivity index (χ0n) is 9.74. The monoisotopic (exact) mass is 243 g/mol. The predicted molar refractivity (Wildman–Crippen MR) is 64.9 cm³/mol. The van der Waals surface area contributed by atoms with E-state index in [2.05, 4.69) is 27.3 Å². The first-order valence-corrected chi connectivity index (χ1v) is 6.09. The lowest BCUT2D eigenvalue weighted by atomic mass is 10.2.